The van der Waals surface area contributed by atoms with Crippen LogP contribution in [0.15, 0.2) is 41.8 Å². The van der Waals surface area contributed by atoms with Crippen molar-refractivity contribution < 1.29 is 9.84 Å². The first-order valence-corrected chi connectivity index (χ1v) is 9.47. The highest BCUT2D eigenvalue weighted by molar-refractivity contribution is 8.00. The Morgan fingerprint density at radius 3 is 2.88 bits per heavy atom. The molecule has 0 unspecified atom stereocenters. The number of rotatable bonds is 4. The Kier molecular flexibility index (Phi) is 4.74. The van der Waals surface area contributed by atoms with Crippen molar-refractivity contribution in [1.29, 1.82) is 0 Å². The monoisotopic (exact) mass is 391 g/mol. The number of anilines is 1. The molecule has 0 amide bonds. The van der Waals surface area contributed by atoms with Gasteiger partial charge in [-0.15, -0.1) is 23.4 Å². The zero-order valence-corrected chi connectivity index (χ0v) is 15.6. The molecule has 1 saturated heterocycles. The second-order valence-corrected chi connectivity index (χ2v) is 7.85. The second kappa shape index (κ2) is 7.03. The zero-order valence-electron chi connectivity index (χ0n) is 14.0. The number of nitrogens with two attached hydrogens (primary N) is 1. The lowest BCUT2D eigenvalue weighted by Gasteiger charge is -2.21. The van der Waals surface area contributed by atoms with Crippen LogP contribution in [0.4, 0.5) is 5.82 Å². The molecule has 3 N–H and O–H groups in total. The summed E-state index contributed by atoms with van der Waals surface area (Å²) in [5.41, 5.74) is 8.16. The lowest BCUT2D eigenvalue weighted by atomic mass is 10.2. The van der Waals surface area contributed by atoms with Crippen LogP contribution >= 0.6 is 23.4 Å². The van der Waals surface area contributed by atoms with Gasteiger partial charge in [-0.2, -0.15) is 0 Å². The van der Waals surface area contributed by atoms with Crippen LogP contribution < -0.4 is 5.73 Å². The molecule has 3 aromatic rings. The molecule has 3 heterocycles. The molecule has 1 fully saturated rings. The van der Waals surface area contributed by atoms with Crippen LogP contribution in [0.5, 0.6) is 0 Å². The number of halogens is 1. The van der Waals surface area contributed by atoms with Crippen LogP contribution in [0.25, 0.3) is 11.2 Å². The summed E-state index contributed by atoms with van der Waals surface area (Å²) >= 11 is 8.28. The fourth-order valence-electron chi connectivity index (χ4n) is 3.08. The van der Waals surface area contributed by atoms with E-state index < -0.39 is 12.3 Å². The lowest BCUT2D eigenvalue weighted by Crippen LogP contribution is -2.26. The van der Waals surface area contributed by atoms with E-state index in [9.17, 15) is 5.11 Å². The van der Waals surface area contributed by atoms with Crippen LogP contribution in [0, 0.1) is 6.92 Å². The molecule has 1 aromatic carbocycles. The Hall–Kier alpha value is -1.87. The van der Waals surface area contributed by atoms with Crippen molar-refractivity contribution in [2.75, 3.05) is 12.3 Å². The van der Waals surface area contributed by atoms with Crippen molar-refractivity contribution in [1.82, 2.24) is 19.5 Å². The number of benzene rings is 1. The third-order valence-electron chi connectivity index (χ3n) is 4.46. The quantitative estimate of drug-likeness (QED) is 0.658. The van der Waals surface area contributed by atoms with Gasteiger partial charge in [0.1, 0.15) is 17.9 Å². The number of thioether (sulfide) groups is 1. The van der Waals surface area contributed by atoms with E-state index >= 15 is 0 Å². The molecular formula is C17H18ClN5O2S. The van der Waals surface area contributed by atoms with E-state index in [0.29, 0.717) is 17.0 Å². The number of fused-ring (bicyclic) bond motifs is 1. The van der Waals surface area contributed by atoms with Crippen molar-refractivity contribution in [2.45, 2.75) is 34.8 Å². The molecule has 1 aliphatic heterocycles. The molecule has 0 spiro atoms. The predicted molar refractivity (Wildman–Crippen MR) is 101 cm³/mol. The molecule has 0 bridgehead atoms. The molecule has 2 aromatic heterocycles. The highest BCUT2D eigenvalue weighted by Crippen LogP contribution is 2.44. The largest absolute Gasteiger partial charge is 0.394 e. The molecule has 26 heavy (non-hydrogen) atoms. The Labute approximate surface area is 159 Å². The van der Waals surface area contributed by atoms with Gasteiger partial charge in [0.2, 0.25) is 0 Å². The van der Waals surface area contributed by atoms with Crippen molar-refractivity contribution in [3.05, 3.63) is 42.5 Å². The summed E-state index contributed by atoms with van der Waals surface area (Å²) in [6, 6.07) is 8.10. The minimum atomic E-state index is -0.472. The fourth-order valence-corrected chi connectivity index (χ4v) is 4.82. The highest BCUT2D eigenvalue weighted by atomic mass is 35.5. The zero-order chi connectivity index (χ0) is 18.3. The number of nitrogen functional groups attached to an aromatic ring is 1. The van der Waals surface area contributed by atoms with Gasteiger partial charge in [0.15, 0.2) is 17.7 Å². The van der Waals surface area contributed by atoms with Gasteiger partial charge in [-0.3, -0.25) is 4.57 Å². The molecule has 0 saturated carbocycles. The summed E-state index contributed by atoms with van der Waals surface area (Å²) in [5.74, 6) is 0.316. The first-order chi connectivity index (χ1) is 12.6. The highest BCUT2D eigenvalue weighted by Gasteiger charge is 2.45. The second-order valence-electron chi connectivity index (χ2n) is 6.12. The number of hydrogen-bond acceptors (Lipinski definition) is 7. The first-order valence-electron chi connectivity index (χ1n) is 8.16. The van der Waals surface area contributed by atoms with Gasteiger partial charge in [-0.1, -0.05) is 18.2 Å². The van der Waals surface area contributed by atoms with Crippen LogP contribution in [0.1, 0.15) is 11.8 Å². The minimum absolute atomic E-state index is 0.136. The standard InChI is InChI=1S/C17H18ClN5O2S/c1-9-4-2-3-5-11(9)26-14-12(18)10(6-24)25-17(14)23-8-22-13-15(19)20-7-21-16(13)23/h2-5,7-8,10,12,14,17,24H,6H2,1H3,(H2,19,20,21)/t10-,12-,14+,17-/m1/s1. The number of hydrogen-bond donors (Lipinski definition) is 2. The number of aromatic nitrogens is 4. The van der Waals surface area contributed by atoms with Gasteiger partial charge in [0.05, 0.1) is 23.6 Å². The van der Waals surface area contributed by atoms with E-state index in [2.05, 4.69) is 34.0 Å². The average molecular weight is 392 g/mol. The molecule has 136 valence electrons. The van der Waals surface area contributed by atoms with Gasteiger partial charge >= 0.3 is 0 Å². The van der Waals surface area contributed by atoms with E-state index in [1.165, 1.54) is 6.33 Å². The maximum absolute atomic E-state index is 9.66. The van der Waals surface area contributed by atoms with Crippen LogP contribution in [-0.4, -0.2) is 48.0 Å². The molecule has 4 atom stereocenters. The van der Waals surface area contributed by atoms with Crippen molar-refractivity contribution >= 4 is 40.3 Å². The van der Waals surface area contributed by atoms with Gasteiger partial charge in [0.25, 0.3) is 0 Å². The summed E-state index contributed by atoms with van der Waals surface area (Å²) < 4.78 is 7.87. The van der Waals surface area contributed by atoms with Crippen LogP contribution in [0.2, 0.25) is 0 Å². The smallest absolute Gasteiger partial charge is 0.167 e. The Morgan fingerprint density at radius 1 is 1.31 bits per heavy atom. The number of nitrogens with zero attached hydrogens (tertiary/aromatic N) is 4. The fraction of sp³-hybridized carbons (Fsp3) is 0.353. The van der Waals surface area contributed by atoms with Crippen LogP contribution in [-0.2, 0) is 4.74 Å². The number of imidazole rings is 1. The minimum Gasteiger partial charge on any atom is -0.394 e. The van der Waals surface area contributed by atoms with E-state index in [1.807, 2.05) is 16.7 Å². The predicted octanol–water partition coefficient (Wildman–Crippen LogP) is 2.37. The molecule has 9 heteroatoms. The first kappa shape index (κ1) is 17.5. The maximum Gasteiger partial charge on any atom is 0.167 e. The summed E-state index contributed by atoms with van der Waals surface area (Å²) in [6.45, 7) is 1.90. The van der Waals surface area contributed by atoms with E-state index in [-0.39, 0.29) is 17.2 Å². The summed E-state index contributed by atoms with van der Waals surface area (Å²) in [7, 11) is 0. The molecular weight excluding hydrogens is 374 g/mol. The number of alkyl halides is 1. The van der Waals surface area contributed by atoms with Crippen molar-refractivity contribution in [3.63, 3.8) is 0 Å². The molecule has 7 nitrogen and oxygen atoms in total. The van der Waals surface area contributed by atoms with E-state index in [0.717, 1.165) is 10.5 Å². The molecule has 4 rings (SSSR count). The topological polar surface area (TPSA) is 99.1 Å². The molecule has 0 aliphatic carbocycles. The van der Waals surface area contributed by atoms with Gasteiger partial charge in [0, 0.05) is 4.90 Å². The van der Waals surface area contributed by atoms with Crippen LogP contribution in [0.3, 0.4) is 0 Å². The normalized spacial score (nSPS) is 25.8. The lowest BCUT2D eigenvalue weighted by molar-refractivity contribution is -0.0189. The Balaban J connectivity index is 1.74. The van der Waals surface area contributed by atoms with Gasteiger partial charge in [-0.05, 0) is 18.6 Å². The number of aryl methyl sites for hydroxylation is 1. The molecule has 0 radical (unpaired) electrons. The Bertz CT molecular complexity index is 936. The summed E-state index contributed by atoms with van der Waals surface area (Å²) in [6.07, 6.45) is 2.13. The Morgan fingerprint density at radius 2 is 2.12 bits per heavy atom. The third kappa shape index (κ3) is 2.92. The number of aliphatic hydroxyl groups excluding tert-OH is 1. The third-order valence-corrected chi connectivity index (χ3v) is 6.67. The van der Waals surface area contributed by atoms with Gasteiger partial charge in [-0.25, -0.2) is 15.0 Å². The maximum atomic E-state index is 9.66. The molecule has 1 aliphatic rings. The van der Waals surface area contributed by atoms with Gasteiger partial charge < -0.3 is 15.6 Å². The van der Waals surface area contributed by atoms with Crippen molar-refractivity contribution in [3.8, 4) is 0 Å². The SMILES string of the molecule is Cc1ccccc1S[C@H]1[C@H](Cl)[C@@H](CO)O[C@H]1n1cnc2c(N)ncnc21. The number of aliphatic hydroxyl groups is 1. The summed E-state index contributed by atoms with van der Waals surface area (Å²) in [4.78, 5) is 13.7. The van der Waals surface area contributed by atoms with E-state index in [4.69, 9.17) is 22.1 Å². The average Bonchev–Trinajstić information content (AvgIpc) is 3.20. The number of ether oxygens (including phenoxy) is 1. The summed E-state index contributed by atoms with van der Waals surface area (Å²) in [5, 5.41) is 9.15. The van der Waals surface area contributed by atoms with Crippen molar-refractivity contribution in [2.24, 2.45) is 0 Å². The van der Waals surface area contributed by atoms with E-state index in [1.54, 1.807) is 18.1 Å².